The average Bonchev–Trinajstić information content (AvgIpc) is 2.37. The van der Waals surface area contributed by atoms with Crippen LogP contribution in [0.3, 0.4) is 0 Å². The maximum atomic E-state index is 11.9. The van der Waals surface area contributed by atoms with Crippen LogP contribution in [0.25, 0.3) is 0 Å². The second kappa shape index (κ2) is 7.90. The number of aliphatic hydroxyl groups is 1. The van der Waals surface area contributed by atoms with E-state index in [1.54, 1.807) is 6.92 Å². The number of hydrogen-bond acceptors (Lipinski definition) is 3. The molecule has 1 amide bonds. The van der Waals surface area contributed by atoms with E-state index in [-0.39, 0.29) is 12.5 Å². The maximum Gasteiger partial charge on any atom is 0.260 e. The molecule has 0 aliphatic heterocycles. The minimum absolute atomic E-state index is 0.214. The Balaban J connectivity index is 2.37. The van der Waals surface area contributed by atoms with Crippen molar-refractivity contribution in [3.63, 3.8) is 0 Å². The van der Waals surface area contributed by atoms with Gasteiger partial charge in [0.25, 0.3) is 5.91 Å². The van der Waals surface area contributed by atoms with Crippen LogP contribution in [0.15, 0.2) is 24.3 Å². The highest BCUT2D eigenvalue weighted by atomic mass is 16.5. The highest BCUT2D eigenvalue weighted by Gasteiger charge is 2.16. The first-order valence-corrected chi connectivity index (χ1v) is 7.07. The van der Waals surface area contributed by atoms with Crippen molar-refractivity contribution in [2.24, 2.45) is 5.92 Å². The average molecular weight is 279 g/mol. The largest absolute Gasteiger partial charge is 0.481 e. The van der Waals surface area contributed by atoms with E-state index in [0.717, 1.165) is 5.56 Å². The summed E-state index contributed by atoms with van der Waals surface area (Å²) in [5, 5.41) is 12.4. The first-order chi connectivity index (χ1) is 9.38. The van der Waals surface area contributed by atoms with Gasteiger partial charge in [-0.05, 0) is 38.3 Å². The quantitative estimate of drug-likeness (QED) is 0.805. The molecule has 0 fully saturated rings. The van der Waals surface area contributed by atoms with Gasteiger partial charge < -0.3 is 15.2 Å². The van der Waals surface area contributed by atoms with E-state index in [1.807, 2.05) is 45.0 Å². The van der Waals surface area contributed by atoms with Gasteiger partial charge in [0.05, 0.1) is 6.10 Å². The van der Waals surface area contributed by atoms with E-state index in [0.29, 0.717) is 18.1 Å². The van der Waals surface area contributed by atoms with Gasteiger partial charge >= 0.3 is 0 Å². The Hall–Kier alpha value is -1.55. The first kappa shape index (κ1) is 16.5. The summed E-state index contributed by atoms with van der Waals surface area (Å²) in [4.78, 5) is 11.9. The Bertz CT molecular complexity index is 414. The minimum atomic E-state index is -0.580. The SMILES string of the molecule is Cc1ccc(OC(C)C(=O)NCC(O)CC(C)C)cc1. The summed E-state index contributed by atoms with van der Waals surface area (Å²) in [5.74, 6) is 0.859. The topological polar surface area (TPSA) is 58.6 Å². The fraction of sp³-hybridized carbons (Fsp3) is 0.562. The number of amides is 1. The van der Waals surface area contributed by atoms with Crippen molar-refractivity contribution in [3.8, 4) is 5.75 Å². The molecule has 0 spiro atoms. The maximum absolute atomic E-state index is 11.9. The lowest BCUT2D eigenvalue weighted by Gasteiger charge is -2.17. The van der Waals surface area contributed by atoms with Gasteiger partial charge in [-0.25, -0.2) is 0 Å². The summed E-state index contributed by atoms with van der Waals surface area (Å²) >= 11 is 0. The molecule has 1 aromatic rings. The molecule has 1 rings (SSSR count). The van der Waals surface area contributed by atoms with Crippen LogP contribution in [0.4, 0.5) is 0 Å². The van der Waals surface area contributed by atoms with Crippen molar-refractivity contribution in [3.05, 3.63) is 29.8 Å². The highest BCUT2D eigenvalue weighted by molar-refractivity contribution is 5.80. The molecule has 4 heteroatoms. The highest BCUT2D eigenvalue weighted by Crippen LogP contribution is 2.13. The molecule has 0 aromatic heterocycles. The van der Waals surface area contributed by atoms with E-state index in [4.69, 9.17) is 4.74 Å². The van der Waals surface area contributed by atoms with Crippen molar-refractivity contribution in [1.29, 1.82) is 0 Å². The smallest absolute Gasteiger partial charge is 0.260 e. The molecule has 4 nitrogen and oxygen atoms in total. The zero-order chi connectivity index (χ0) is 15.1. The Kier molecular flexibility index (Phi) is 6.52. The summed E-state index contributed by atoms with van der Waals surface area (Å²) in [7, 11) is 0. The number of aryl methyl sites for hydroxylation is 1. The molecule has 20 heavy (non-hydrogen) atoms. The van der Waals surface area contributed by atoms with Crippen molar-refractivity contribution in [2.75, 3.05) is 6.54 Å². The van der Waals surface area contributed by atoms with Crippen LogP contribution in [0.1, 0.15) is 32.8 Å². The van der Waals surface area contributed by atoms with Crippen LogP contribution in [0, 0.1) is 12.8 Å². The summed E-state index contributed by atoms with van der Waals surface area (Å²) in [6.07, 6.45) is -0.414. The third kappa shape index (κ3) is 6.06. The fourth-order valence-corrected chi connectivity index (χ4v) is 1.86. The second-order valence-corrected chi connectivity index (χ2v) is 5.60. The molecule has 0 aliphatic carbocycles. The number of aliphatic hydroxyl groups excluding tert-OH is 1. The van der Waals surface area contributed by atoms with Crippen LogP contribution >= 0.6 is 0 Å². The summed E-state index contributed by atoms with van der Waals surface area (Å²) < 4.78 is 5.55. The van der Waals surface area contributed by atoms with Crippen molar-refractivity contribution < 1.29 is 14.6 Å². The minimum Gasteiger partial charge on any atom is -0.481 e. The summed E-state index contributed by atoms with van der Waals surface area (Å²) in [6.45, 7) is 8.03. The van der Waals surface area contributed by atoms with Gasteiger partial charge in [-0.15, -0.1) is 0 Å². The van der Waals surface area contributed by atoms with Crippen LogP contribution in [-0.2, 0) is 4.79 Å². The van der Waals surface area contributed by atoms with Gasteiger partial charge in [0, 0.05) is 6.54 Å². The Morgan fingerprint density at radius 2 is 1.85 bits per heavy atom. The molecule has 2 N–H and O–H groups in total. The van der Waals surface area contributed by atoms with Gasteiger partial charge in [-0.2, -0.15) is 0 Å². The molecule has 1 aromatic carbocycles. The van der Waals surface area contributed by atoms with Crippen LogP contribution in [0.5, 0.6) is 5.75 Å². The van der Waals surface area contributed by atoms with Crippen LogP contribution in [0.2, 0.25) is 0 Å². The van der Waals surface area contributed by atoms with Crippen molar-refractivity contribution in [1.82, 2.24) is 5.32 Å². The zero-order valence-corrected chi connectivity index (χ0v) is 12.7. The molecule has 0 saturated carbocycles. The lowest BCUT2D eigenvalue weighted by atomic mass is 10.1. The molecular weight excluding hydrogens is 254 g/mol. The Morgan fingerprint density at radius 1 is 1.25 bits per heavy atom. The Labute approximate surface area is 121 Å². The standard InChI is InChI=1S/C16H25NO3/c1-11(2)9-14(18)10-17-16(19)13(4)20-15-7-5-12(3)6-8-15/h5-8,11,13-14,18H,9-10H2,1-4H3,(H,17,19). The monoisotopic (exact) mass is 279 g/mol. The predicted molar refractivity (Wildman–Crippen MR) is 79.7 cm³/mol. The second-order valence-electron chi connectivity index (χ2n) is 5.60. The van der Waals surface area contributed by atoms with E-state index in [1.165, 1.54) is 0 Å². The molecule has 0 saturated heterocycles. The number of hydrogen-bond donors (Lipinski definition) is 2. The number of rotatable bonds is 7. The van der Waals surface area contributed by atoms with Crippen LogP contribution < -0.4 is 10.1 Å². The number of carbonyl (C=O) groups is 1. The molecule has 112 valence electrons. The van der Waals surface area contributed by atoms with Crippen molar-refractivity contribution >= 4 is 5.91 Å². The van der Waals surface area contributed by atoms with E-state index in [2.05, 4.69) is 5.32 Å². The van der Waals surface area contributed by atoms with Gasteiger partial charge in [-0.3, -0.25) is 4.79 Å². The summed E-state index contributed by atoms with van der Waals surface area (Å²) in [5.41, 5.74) is 1.14. The number of nitrogens with one attached hydrogen (secondary N) is 1. The molecule has 0 aliphatic rings. The number of carbonyl (C=O) groups excluding carboxylic acids is 1. The van der Waals surface area contributed by atoms with Gasteiger partial charge in [-0.1, -0.05) is 31.5 Å². The van der Waals surface area contributed by atoms with E-state index in [9.17, 15) is 9.90 Å². The fourth-order valence-electron chi connectivity index (χ4n) is 1.86. The predicted octanol–water partition coefficient (Wildman–Crippen LogP) is 2.29. The zero-order valence-electron chi connectivity index (χ0n) is 12.7. The van der Waals surface area contributed by atoms with Crippen molar-refractivity contribution in [2.45, 2.75) is 46.3 Å². The lowest BCUT2D eigenvalue weighted by molar-refractivity contribution is -0.127. The molecule has 2 unspecified atom stereocenters. The van der Waals surface area contributed by atoms with Crippen LogP contribution in [-0.4, -0.2) is 29.8 Å². The third-order valence-corrected chi connectivity index (χ3v) is 2.96. The van der Waals surface area contributed by atoms with Gasteiger partial charge in [0.1, 0.15) is 5.75 Å². The first-order valence-electron chi connectivity index (χ1n) is 7.07. The Morgan fingerprint density at radius 3 is 2.40 bits per heavy atom. The number of ether oxygens (including phenoxy) is 1. The van der Waals surface area contributed by atoms with Gasteiger partial charge in [0.2, 0.25) is 0 Å². The molecule has 0 bridgehead atoms. The molecule has 0 radical (unpaired) electrons. The lowest BCUT2D eigenvalue weighted by Crippen LogP contribution is -2.40. The van der Waals surface area contributed by atoms with E-state index >= 15 is 0 Å². The normalized spacial score (nSPS) is 13.9. The molecule has 2 atom stereocenters. The summed E-state index contributed by atoms with van der Waals surface area (Å²) in [6, 6.07) is 7.55. The third-order valence-electron chi connectivity index (χ3n) is 2.96. The molecule has 0 heterocycles. The van der Waals surface area contributed by atoms with Gasteiger partial charge in [0.15, 0.2) is 6.10 Å². The molecular formula is C16H25NO3. The number of benzene rings is 1. The van der Waals surface area contributed by atoms with E-state index < -0.39 is 12.2 Å².